The summed E-state index contributed by atoms with van der Waals surface area (Å²) in [4.78, 5) is 16.4. The second kappa shape index (κ2) is 7.21. The summed E-state index contributed by atoms with van der Waals surface area (Å²) in [6.07, 6.45) is 7.87. The highest BCUT2D eigenvalue weighted by Crippen LogP contribution is 2.29. The van der Waals surface area contributed by atoms with E-state index in [2.05, 4.69) is 10.3 Å². The highest BCUT2D eigenvalue weighted by Gasteiger charge is 2.13. The number of benzene rings is 1. The van der Waals surface area contributed by atoms with E-state index in [9.17, 15) is 4.79 Å². The lowest BCUT2D eigenvalue weighted by Gasteiger charge is -2.12. The monoisotopic (exact) mass is 327 g/mol. The van der Waals surface area contributed by atoms with E-state index in [0.29, 0.717) is 23.4 Å². The van der Waals surface area contributed by atoms with Gasteiger partial charge < -0.3 is 19.0 Å². The van der Waals surface area contributed by atoms with Gasteiger partial charge in [-0.25, -0.2) is 4.98 Å². The lowest BCUT2D eigenvalue weighted by Crippen LogP contribution is -2.25. The van der Waals surface area contributed by atoms with Crippen LogP contribution in [0.5, 0.6) is 5.75 Å². The minimum Gasteiger partial charge on any atom is -0.490 e. The average Bonchev–Trinajstić information content (AvgIpc) is 3.21. The number of aryl methyl sites for hydroxylation is 1. The van der Waals surface area contributed by atoms with Gasteiger partial charge in [-0.1, -0.05) is 0 Å². The van der Waals surface area contributed by atoms with Gasteiger partial charge in [0.25, 0.3) is 5.91 Å². The highest BCUT2D eigenvalue weighted by molar-refractivity contribution is 5.99. The molecule has 0 aliphatic heterocycles. The topological polar surface area (TPSA) is 69.3 Å². The Hall–Kier alpha value is -2.76. The first-order valence-corrected chi connectivity index (χ1v) is 8.05. The van der Waals surface area contributed by atoms with Crippen LogP contribution in [0.1, 0.15) is 30.6 Å². The molecule has 126 valence electrons. The first-order chi connectivity index (χ1) is 11.6. The molecule has 0 bridgehead atoms. The molecule has 6 heteroatoms. The molecule has 0 aliphatic carbocycles. The van der Waals surface area contributed by atoms with Crippen LogP contribution in [-0.4, -0.2) is 28.1 Å². The van der Waals surface area contributed by atoms with Crippen LogP contribution in [0.15, 0.2) is 47.6 Å². The second-order valence-electron chi connectivity index (χ2n) is 5.88. The van der Waals surface area contributed by atoms with Gasteiger partial charge in [-0.3, -0.25) is 4.79 Å². The molecule has 0 unspecified atom stereocenters. The summed E-state index contributed by atoms with van der Waals surface area (Å²) >= 11 is 0. The predicted octanol–water partition coefficient (Wildman–Crippen LogP) is 3.24. The van der Waals surface area contributed by atoms with E-state index >= 15 is 0 Å². The van der Waals surface area contributed by atoms with Crippen molar-refractivity contribution in [2.75, 3.05) is 6.54 Å². The van der Waals surface area contributed by atoms with Crippen molar-refractivity contribution >= 4 is 16.9 Å². The molecule has 0 saturated carbocycles. The zero-order valence-corrected chi connectivity index (χ0v) is 13.9. The molecule has 0 saturated heterocycles. The van der Waals surface area contributed by atoms with Crippen molar-refractivity contribution in [1.29, 1.82) is 0 Å². The Kier molecular flexibility index (Phi) is 4.84. The molecule has 0 fully saturated rings. The van der Waals surface area contributed by atoms with E-state index in [4.69, 9.17) is 9.15 Å². The fourth-order valence-electron chi connectivity index (χ4n) is 2.51. The lowest BCUT2D eigenvalue weighted by atomic mass is 10.1. The van der Waals surface area contributed by atoms with E-state index < -0.39 is 0 Å². The van der Waals surface area contributed by atoms with Gasteiger partial charge in [0.05, 0.1) is 24.1 Å². The van der Waals surface area contributed by atoms with Crippen LogP contribution in [0.25, 0.3) is 11.0 Å². The Bertz CT molecular complexity index is 806. The molecule has 6 nitrogen and oxygen atoms in total. The normalized spacial score (nSPS) is 11.1. The number of hydrogen-bond donors (Lipinski definition) is 1. The van der Waals surface area contributed by atoms with Crippen LogP contribution >= 0.6 is 0 Å². The molecule has 0 spiro atoms. The molecular weight excluding hydrogens is 306 g/mol. The number of rotatable bonds is 7. The smallest absolute Gasteiger partial charge is 0.251 e. The number of carbonyl (C=O) groups excluding carboxylic acids is 1. The van der Waals surface area contributed by atoms with Gasteiger partial charge in [0, 0.05) is 31.0 Å². The summed E-state index contributed by atoms with van der Waals surface area (Å²) in [7, 11) is 0. The molecule has 1 aromatic carbocycles. The van der Waals surface area contributed by atoms with Gasteiger partial charge in [0.2, 0.25) is 0 Å². The summed E-state index contributed by atoms with van der Waals surface area (Å²) in [5, 5.41) is 3.80. The number of aromatic nitrogens is 2. The van der Waals surface area contributed by atoms with Crippen LogP contribution in [0.3, 0.4) is 0 Å². The number of ether oxygens (including phenoxy) is 1. The Balaban J connectivity index is 1.65. The Morgan fingerprint density at radius 1 is 1.42 bits per heavy atom. The minimum atomic E-state index is -0.132. The number of hydrogen-bond acceptors (Lipinski definition) is 4. The number of imidazole rings is 1. The quantitative estimate of drug-likeness (QED) is 0.676. The standard InChI is InChI=1S/C18H21N3O3/c1-13(2)24-17-11-14(10-16-15(17)4-9-23-16)18(22)20-5-3-7-21-8-6-19-12-21/h4,6,8-13H,3,5,7H2,1-2H3,(H,20,22). The lowest BCUT2D eigenvalue weighted by molar-refractivity contribution is 0.0952. The number of carbonyl (C=O) groups is 1. The van der Waals surface area contributed by atoms with E-state index in [0.717, 1.165) is 18.4 Å². The third-order valence-electron chi connectivity index (χ3n) is 3.60. The number of nitrogens with zero attached hydrogens (tertiary/aromatic N) is 2. The van der Waals surface area contributed by atoms with Crippen LogP contribution in [0.2, 0.25) is 0 Å². The first kappa shape index (κ1) is 16.1. The predicted molar refractivity (Wildman–Crippen MR) is 91.2 cm³/mol. The zero-order valence-electron chi connectivity index (χ0n) is 13.9. The molecular formula is C18H21N3O3. The highest BCUT2D eigenvalue weighted by atomic mass is 16.5. The Morgan fingerprint density at radius 3 is 3.04 bits per heavy atom. The first-order valence-electron chi connectivity index (χ1n) is 8.05. The maximum absolute atomic E-state index is 12.4. The van der Waals surface area contributed by atoms with Crippen molar-refractivity contribution in [3.05, 3.63) is 48.7 Å². The van der Waals surface area contributed by atoms with Gasteiger partial charge >= 0.3 is 0 Å². The van der Waals surface area contributed by atoms with Gasteiger partial charge in [0.1, 0.15) is 11.3 Å². The van der Waals surface area contributed by atoms with E-state index in [1.165, 1.54) is 0 Å². The molecule has 1 N–H and O–H groups in total. The van der Waals surface area contributed by atoms with Crippen molar-refractivity contribution in [2.24, 2.45) is 0 Å². The number of fused-ring (bicyclic) bond motifs is 1. The fraction of sp³-hybridized carbons (Fsp3) is 0.333. The van der Waals surface area contributed by atoms with Crippen molar-refractivity contribution < 1.29 is 13.9 Å². The number of furan rings is 1. The van der Waals surface area contributed by atoms with Gasteiger partial charge in [-0.05, 0) is 38.5 Å². The summed E-state index contributed by atoms with van der Waals surface area (Å²) in [5.41, 5.74) is 1.19. The van der Waals surface area contributed by atoms with Crippen molar-refractivity contribution in [2.45, 2.75) is 32.9 Å². The number of nitrogens with one attached hydrogen (secondary N) is 1. The molecule has 0 radical (unpaired) electrons. The van der Waals surface area contributed by atoms with Crippen molar-refractivity contribution in [3.63, 3.8) is 0 Å². The fourth-order valence-corrected chi connectivity index (χ4v) is 2.51. The van der Waals surface area contributed by atoms with Gasteiger partial charge in [-0.15, -0.1) is 0 Å². The third kappa shape index (κ3) is 3.76. The third-order valence-corrected chi connectivity index (χ3v) is 3.60. The maximum Gasteiger partial charge on any atom is 0.251 e. The minimum absolute atomic E-state index is 0.0246. The molecule has 0 atom stereocenters. The van der Waals surface area contributed by atoms with E-state index in [1.807, 2.05) is 30.7 Å². The molecule has 3 aromatic rings. The average molecular weight is 327 g/mol. The molecule has 3 rings (SSSR count). The maximum atomic E-state index is 12.4. The largest absolute Gasteiger partial charge is 0.490 e. The second-order valence-corrected chi connectivity index (χ2v) is 5.88. The van der Waals surface area contributed by atoms with Crippen LogP contribution < -0.4 is 10.1 Å². The SMILES string of the molecule is CC(C)Oc1cc(C(=O)NCCCn2ccnc2)cc2occc12. The molecule has 2 aromatic heterocycles. The summed E-state index contributed by atoms with van der Waals surface area (Å²) in [6.45, 7) is 5.32. The number of amides is 1. The van der Waals surface area contributed by atoms with Gasteiger partial charge in [-0.2, -0.15) is 0 Å². The molecule has 2 heterocycles. The van der Waals surface area contributed by atoms with Crippen molar-refractivity contribution in [3.8, 4) is 5.75 Å². The summed E-state index contributed by atoms with van der Waals surface area (Å²) < 4.78 is 13.2. The Morgan fingerprint density at radius 2 is 2.29 bits per heavy atom. The Labute approximate surface area is 140 Å². The van der Waals surface area contributed by atoms with Gasteiger partial charge in [0.15, 0.2) is 0 Å². The molecule has 0 aliphatic rings. The summed E-state index contributed by atoms with van der Waals surface area (Å²) in [6, 6.07) is 5.36. The zero-order chi connectivity index (χ0) is 16.9. The van der Waals surface area contributed by atoms with Crippen molar-refractivity contribution in [1.82, 2.24) is 14.9 Å². The van der Waals surface area contributed by atoms with Crippen LogP contribution in [-0.2, 0) is 6.54 Å². The summed E-state index contributed by atoms with van der Waals surface area (Å²) in [5.74, 6) is 0.535. The molecule has 1 amide bonds. The van der Waals surface area contributed by atoms with Crippen LogP contribution in [0, 0.1) is 0 Å². The van der Waals surface area contributed by atoms with E-state index in [-0.39, 0.29) is 12.0 Å². The van der Waals surface area contributed by atoms with E-state index in [1.54, 1.807) is 30.9 Å². The van der Waals surface area contributed by atoms with Crippen LogP contribution in [0.4, 0.5) is 0 Å². The molecule has 24 heavy (non-hydrogen) atoms.